The largest absolute Gasteiger partial charge is 0.457 e. The number of ether oxygens (including phenoxy) is 2. The van der Waals surface area contributed by atoms with Crippen molar-refractivity contribution in [3.05, 3.63) is 41.4 Å². The predicted octanol–water partition coefficient (Wildman–Crippen LogP) is 2.11. The zero-order valence-corrected chi connectivity index (χ0v) is 13.3. The summed E-state index contributed by atoms with van der Waals surface area (Å²) in [5, 5.41) is 10.9. The number of carbonyl (C=O) groups excluding carboxylic acids is 1. The van der Waals surface area contributed by atoms with E-state index < -0.39 is 17.7 Å². The third-order valence-corrected chi connectivity index (χ3v) is 4.08. The molecule has 6 nitrogen and oxygen atoms in total. The summed E-state index contributed by atoms with van der Waals surface area (Å²) in [6.45, 7) is 2.11. The molecule has 6 heteroatoms. The van der Waals surface area contributed by atoms with Crippen molar-refractivity contribution >= 4 is 11.7 Å². The second-order valence-electron chi connectivity index (χ2n) is 5.62. The van der Waals surface area contributed by atoms with E-state index in [0.717, 1.165) is 18.4 Å². The summed E-state index contributed by atoms with van der Waals surface area (Å²) < 4.78 is 10.7. The minimum absolute atomic E-state index is 0.142. The van der Waals surface area contributed by atoms with Gasteiger partial charge >= 0.3 is 11.7 Å². The molecule has 0 amide bonds. The highest BCUT2D eigenvalue weighted by molar-refractivity contribution is 6.37. The molecule has 1 aromatic carbocycles. The lowest BCUT2D eigenvalue weighted by Crippen LogP contribution is -2.56. The highest BCUT2D eigenvalue weighted by atomic mass is 16.5. The summed E-state index contributed by atoms with van der Waals surface area (Å²) in [5.41, 5.74) is 8.18. The summed E-state index contributed by atoms with van der Waals surface area (Å²) in [5.74, 6) is -0.812. The Morgan fingerprint density at radius 1 is 1.39 bits per heavy atom. The third kappa shape index (κ3) is 4.05. The molecule has 23 heavy (non-hydrogen) atoms. The van der Waals surface area contributed by atoms with E-state index in [4.69, 9.17) is 9.47 Å². The van der Waals surface area contributed by atoms with Gasteiger partial charge in [-0.1, -0.05) is 36.8 Å². The zero-order valence-electron chi connectivity index (χ0n) is 13.3. The fourth-order valence-corrected chi connectivity index (χ4v) is 2.89. The number of hydrogen-bond acceptors (Lipinski definition) is 4. The van der Waals surface area contributed by atoms with Crippen molar-refractivity contribution in [1.82, 2.24) is 0 Å². The van der Waals surface area contributed by atoms with Crippen molar-refractivity contribution in [2.75, 3.05) is 6.61 Å². The first-order valence-electron chi connectivity index (χ1n) is 7.89. The number of carbonyl (C=O) groups is 1. The Balaban J connectivity index is 2.15. The van der Waals surface area contributed by atoms with Gasteiger partial charge in [-0.2, -0.15) is 4.79 Å². The first-order chi connectivity index (χ1) is 11.1. The lowest BCUT2D eigenvalue weighted by molar-refractivity contribution is -0.153. The van der Waals surface area contributed by atoms with E-state index in [9.17, 15) is 15.4 Å². The van der Waals surface area contributed by atoms with Gasteiger partial charge in [0.1, 0.15) is 0 Å². The molecule has 0 aromatic heterocycles. The molecule has 2 atom stereocenters. The molecule has 0 heterocycles. The molecule has 1 saturated carbocycles. The fourth-order valence-electron chi connectivity index (χ4n) is 2.89. The van der Waals surface area contributed by atoms with Crippen LogP contribution in [0.2, 0.25) is 0 Å². The van der Waals surface area contributed by atoms with Crippen LogP contribution in [0.3, 0.4) is 0 Å². The van der Waals surface area contributed by atoms with Gasteiger partial charge in [-0.15, -0.1) is 0 Å². The number of esters is 1. The number of nitrogens with zero attached hydrogens (tertiary/aromatic N) is 2. The molecule has 0 unspecified atom stereocenters. The number of rotatable bonds is 6. The van der Waals surface area contributed by atoms with Gasteiger partial charge in [-0.3, -0.25) is 0 Å². The SMILES string of the molecule is CCOC(=O)C(=[N+]=[N-])[C@@]1(O)CCCC[C@@H]1OCc1ccccc1. The van der Waals surface area contributed by atoms with Crippen molar-refractivity contribution in [2.45, 2.75) is 50.9 Å². The Hall–Kier alpha value is -2.01. The topological polar surface area (TPSA) is 92.2 Å². The Bertz CT molecular complexity index is 584. The molecule has 2 rings (SSSR count). The lowest BCUT2D eigenvalue weighted by Gasteiger charge is -2.35. The summed E-state index contributed by atoms with van der Waals surface area (Å²) in [6.07, 6.45) is 1.86. The standard InChI is InChI=1S/C17H22N2O4/c1-2-22-16(20)15(19-18)17(21)11-7-6-10-14(17)23-12-13-8-4-3-5-9-13/h3-5,8-9,14,21H,2,6-7,10-12H2,1H3/t14-,17+/m0/s1. The highest BCUT2D eigenvalue weighted by Gasteiger charge is 2.54. The molecule has 0 spiro atoms. The molecular weight excluding hydrogens is 296 g/mol. The van der Waals surface area contributed by atoms with E-state index in [1.807, 2.05) is 30.3 Å². The number of hydrogen-bond donors (Lipinski definition) is 1. The second-order valence-corrected chi connectivity index (χ2v) is 5.62. The van der Waals surface area contributed by atoms with Crippen LogP contribution in [0.5, 0.6) is 0 Å². The minimum Gasteiger partial charge on any atom is -0.457 e. The van der Waals surface area contributed by atoms with Gasteiger partial charge in [-0.05, 0) is 31.7 Å². The van der Waals surface area contributed by atoms with Gasteiger partial charge < -0.3 is 20.1 Å². The molecule has 1 aliphatic carbocycles. The average molecular weight is 318 g/mol. The van der Waals surface area contributed by atoms with Crippen LogP contribution in [0.1, 0.15) is 38.2 Å². The van der Waals surface area contributed by atoms with E-state index in [1.54, 1.807) is 6.92 Å². The van der Waals surface area contributed by atoms with Crippen LogP contribution in [-0.4, -0.2) is 39.9 Å². The second kappa shape index (κ2) is 8.02. The summed E-state index contributed by atoms with van der Waals surface area (Å²) in [7, 11) is 0. The Morgan fingerprint density at radius 2 is 2.13 bits per heavy atom. The molecule has 0 radical (unpaired) electrons. The number of benzene rings is 1. The maximum Gasteiger partial charge on any atom is 0.420 e. The van der Waals surface area contributed by atoms with Crippen molar-refractivity contribution in [3.63, 3.8) is 0 Å². The third-order valence-electron chi connectivity index (χ3n) is 4.08. The van der Waals surface area contributed by atoms with Gasteiger partial charge in [-0.25, -0.2) is 4.79 Å². The molecule has 1 aromatic rings. The smallest absolute Gasteiger partial charge is 0.420 e. The molecule has 1 N–H and O–H groups in total. The highest BCUT2D eigenvalue weighted by Crippen LogP contribution is 2.32. The number of aliphatic hydroxyl groups is 1. The fraction of sp³-hybridized carbons (Fsp3) is 0.529. The van der Waals surface area contributed by atoms with Crippen LogP contribution in [0.4, 0.5) is 0 Å². The van der Waals surface area contributed by atoms with E-state index in [2.05, 4.69) is 4.79 Å². The Kier molecular flexibility index (Phi) is 6.04. The average Bonchev–Trinajstić information content (AvgIpc) is 2.56. The van der Waals surface area contributed by atoms with Crippen molar-refractivity contribution in [1.29, 1.82) is 0 Å². The van der Waals surface area contributed by atoms with Gasteiger partial charge in [0, 0.05) is 0 Å². The maximum atomic E-state index is 12.0. The van der Waals surface area contributed by atoms with Gasteiger partial charge in [0.05, 0.1) is 19.3 Å². The van der Waals surface area contributed by atoms with Crippen LogP contribution < -0.4 is 0 Å². The lowest BCUT2D eigenvalue weighted by atomic mass is 9.78. The molecule has 1 aliphatic rings. The monoisotopic (exact) mass is 318 g/mol. The van der Waals surface area contributed by atoms with Crippen molar-refractivity contribution in [3.8, 4) is 0 Å². The van der Waals surface area contributed by atoms with E-state index >= 15 is 0 Å². The summed E-state index contributed by atoms with van der Waals surface area (Å²) >= 11 is 0. The molecule has 0 saturated heterocycles. The minimum atomic E-state index is -1.63. The van der Waals surface area contributed by atoms with Crippen LogP contribution in [0, 0.1) is 0 Å². The zero-order chi connectivity index (χ0) is 16.7. The van der Waals surface area contributed by atoms with Crippen molar-refractivity contribution < 1.29 is 24.2 Å². The maximum absolute atomic E-state index is 12.0. The van der Waals surface area contributed by atoms with Crippen LogP contribution in [0.15, 0.2) is 30.3 Å². The summed E-state index contributed by atoms with van der Waals surface area (Å²) in [6, 6.07) is 9.58. The van der Waals surface area contributed by atoms with E-state index in [0.29, 0.717) is 19.4 Å². The van der Waals surface area contributed by atoms with Crippen LogP contribution in [-0.2, 0) is 20.9 Å². The van der Waals surface area contributed by atoms with E-state index in [1.165, 1.54) is 0 Å². The molecule has 0 aliphatic heterocycles. The van der Waals surface area contributed by atoms with Crippen LogP contribution >= 0.6 is 0 Å². The van der Waals surface area contributed by atoms with E-state index in [-0.39, 0.29) is 12.3 Å². The van der Waals surface area contributed by atoms with Gasteiger partial charge in [0.2, 0.25) is 0 Å². The van der Waals surface area contributed by atoms with Crippen molar-refractivity contribution in [2.24, 2.45) is 0 Å². The van der Waals surface area contributed by atoms with Crippen LogP contribution in [0.25, 0.3) is 5.53 Å². The first kappa shape index (κ1) is 17.3. The molecule has 0 bridgehead atoms. The normalized spacial score (nSPS) is 23.8. The molecular formula is C17H22N2O4. The summed E-state index contributed by atoms with van der Waals surface area (Å²) in [4.78, 5) is 15.0. The van der Waals surface area contributed by atoms with Gasteiger partial charge in [0.25, 0.3) is 0 Å². The quantitative estimate of drug-likeness (QED) is 0.376. The molecule has 124 valence electrons. The Morgan fingerprint density at radius 3 is 2.78 bits per heavy atom. The Labute approximate surface area is 135 Å². The van der Waals surface area contributed by atoms with Gasteiger partial charge in [0.15, 0.2) is 5.60 Å². The molecule has 1 fully saturated rings. The first-order valence-corrected chi connectivity index (χ1v) is 7.89. The predicted molar refractivity (Wildman–Crippen MR) is 83.7 cm³/mol.